The van der Waals surface area contributed by atoms with Crippen molar-refractivity contribution in [1.29, 1.82) is 0 Å². The number of amides is 1. The van der Waals surface area contributed by atoms with Crippen LogP contribution >= 0.6 is 15.9 Å². The van der Waals surface area contributed by atoms with Crippen LogP contribution in [0.4, 0.5) is 0 Å². The molecule has 0 aliphatic heterocycles. The van der Waals surface area contributed by atoms with Gasteiger partial charge in [0, 0.05) is 16.9 Å². The third kappa shape index (κ3) is 1.74. The minimum Gasteiger partial charge on any atom is -0.277 e. The van der Waals surface area contributed by atoms with Crippen LogP contribution < -0.4 is 5.84 Å². The van der Waals surface area contributed by atoms with Gasteiger partial charge in [0.2, 0.25) is 6.41 Å². The number of halogens is 1. The Kier molecular flexibility index (Phi) is 2.99. The second-order valence-corrected chi connectivity index (χ2v) is 5.37. The van der Waals surface area contributed by atoms with Gasteiger partial charge in [0.1, 0.15) is 0 Å². The van der Waals surface area contributed by atoms with Crippen LogP contribution in [0, 0.1) is 5.92 Å². The third-order valence-corrected chi connectivity index (χ3v) is 3.66. The smallest absolute Gasteiger partial charge is 0.224 e. The maximum Gasteiger partial charge on any atom is 0.224 e. The number of hydrogen-bond acceptors (Lipinski definition) is 3. The van der Waals surface area contributed by atoms with Crippen LogP contribution in [0.3, 0.4) is 0 Å². The molecule has 1 aromatic heterocycles. The number of pyridine rings is 1. The summed E-state index contributed by atoms with van der Waals surface area (Å²) in [6, 6.07) is 1.97. The van der Waals surface area contributed by atoms with Crippen molar-refractivity contribution in [2.45, 2.75) is 25.3 Å². The molecule has 1 aliphatic carbocycles. The van der Waals surface area contributed by atoms with Crippen LogP contribution in [0.5, 0.6) is 0 Å². The van der Waals surface area contributed by atoms with Gasteiger partial charge >= 0.3 is 0 Å². The first kappa shape index (κ1) is 11.5. The molecule has 0 saturated heterocycles. The quantitative estimate of drug-likeness (QED) is 0.398. The van der Waals surface area contributed by atoms with E-state index in [2.05, 4.69) is 27.8 Å². The highest BCUT2D eigenvalue weighted by atomic mass is 79.9. The van der Waals surface area contributed by atoms with Gasteiger partial charge < -0.3 is 0 Å². The molecule has 1 aliphatic rings. The van der Waals surface area contributed by atoms with Crippen molar-refractivity contribution >= 4 is 22.3 Å². The molecule has 1 amide bonds. The van der Waals surface area contributed by atoms with Crippen molar-refractivity contribution in [1.82, 2.24) is 9.99 Å². The molecule has 1 aromatic rings. The summed E-state index contributed by atoms with van der Waals surface area (Å²) in [5.74, 6) is 6.37. The van der Waals surface area contributed by atoms with Crippen LogP contribution in [0.1, 0.15) is 25.3 Å². The monoisotopic (exact) mass is 283 g/mol. The average molecular weight is 284 g/mol. The molecule has 86 valence electrons. The Bertz CT molecular complexity index is 404. The van der Waals surface area contributed by atoms with E-state index >= 15 is 0 Å². The second-order valence-electron chi connectivity index (χ2n) is 4.45. The van der Waals surface area contributed by atoms with E-state index in [0.29, 0.717) is 12.3 Å². The normalized spacial score (nSPS) is 28.3. The molecular weight excluding hydrogens is 270 g/mol. The van der Waals surface area contributed by atoms with Gasteiger partial charge in [-0.05, 0) is 46.3 Å². The minimum atomic E-state index is -0.363. The van der Waals surface area contributed by atoms with Crippen molar-refractivity contribution in [2.75, 3.05) is 0 Å². The number of aromatic nitrogens is 1. The van der Waals surface area contributed by atoms with Gasteiger partial charge in [-0.2, -0.15) is 0 Å². The van der Waals surface area contributed by atoms with Crippen molar-refractivity contribution < 1.29 is 4.79 Å². The fourth-order valence-electron chi connectivity index (χ4n) is 2.46. The topological polar surface area (TPSA) is 59.2 Å². The maximum atomic E-state index is 10.9. The number of carbonyl (C=O) groups is 1. The summed E-state index contributed by atoms with van der Waals surface area (Å²) in [5.41, 5.74) is 0.632. The molecule has 5 heteroatoms. The van der Waals surface area contributed by atoms with Crippen LogP contribution in [0.15, 0.2) is 22.9 Å². The fourth-order valence-corrected chi connectivity index (χ4v) is 2.82. The predicted octanol–water partition coefficient (Wildman–Crippen LogP) is 1.80. The summed E-state index contributed by atoms with van der Waals surface area (Å²) in [5, 5.41) is 1.27. The lowest BCUT2D eigenvalue weighted by Crippen LogP contribution is -2.57. The molecule has 0 aromatic carbocycles. The van der Waals surface area contributed by atoms with E-state index in [-0.39, 0.29) is 5.54 Å². The summed E-state index contributed by atoms with van der Waals surface area (Å²) in [6.07, 6.45) is 5.97. The largest absolute Gasteiger partial charge is 0.277 e. The molecule has 16 heavy (non-hydrogen) atoms. The first-order valence-corrected chi connectivity index (χ1v) is 5.98. The SMILES string of the molecule is CC1CC(c2cncc(Br)c2)(N(N)C=O)C1. The predicted molar refractivity (Wildman–Crippen MR) is 64.1 cm³/mol. The molecule has 0 spiro atoms. The molecular formula is C11H14BrN3O. The zero-order valence-electron chi connectivity index (χ0n) is 9.06. The van der Waals surface area contributed by atoms with E-state index in [0.717, 1.165) is 22.9 Å². The second kappa shape index (κ2) is 4.14. The van der Waals surface area contributed by atoms with Crippen molar-refractivity contribution in [3.8, 4) is 0 Å². The van der Waals surface area contributed by atoms with Gasteiger partial charge in [-0.25, -0.2) is 5.84 Å². The van der Waals surface area contributed by atoms with Crippen molar-refractivity contribution in [3.63, 3.8) is 0 Å². The number of hydrogen-bond donors (Lipinski definition) is 1. The third-order valence-electron chi connectivity index (χ3n) is 3.22. The number of rotatable bonds is 3. The van der Waals surface area contributed by atoms with Gasteiger partial charge in [0.25, 0.3) is 0 Å². The van der Waals surface area contributed by atoms with E-state index in [9.17, 15) is 4.79 Å². The molecule has 0 bridgehead atoms. The standard InChI is InChI=1S/C11H14BrN3O/c1-8-3-11(4-8,15(13)7-16)9-2-10(12)6-14-5-9/h2,5-8H,3-4,13H2,1H3. The molecule has 2 rings (SSSR count). The molecule has 0 radical (unpaired) electrons. The van der Waals surface area contributed by atoms with Crippen LogP contribution in [0.25, 0.3) is 0 Å². The number of hydrazine groups is 1. The summed E-state index contributed by atoms with van der Waals surface area (Å²) in [6.45, 7) is 2.16. The Hall–Kier alpha value is -0.940. The molecule has 4 nitrogen and oxygen atoms in total. The highest BCUT2D eigenvalue weighted by molar-refractivity contribution is 9.10. The summed E-state index contributed by atoms with van der Waals surface area (Å²) < 4.78 is 0.906. The Morgan fingerprint density at radius 2 is 2.31 bits per heavy atom. The zero-order valence-corrected chi connectivity index (χ0v) is 10.6. The van der Waals surface area contributed by atoms with E-state index in [1.807, 2.05) is 6.07 Å². The number of carbonyl (C=O) groups excluding carboxylic acids is 1. The maximum absolute atomic E-state index is 10.9. The van der Waals surface area contributed by atoms with E-state index in [1.54, 1.807) is 12.4 Å². The molecule has 1 heterocycles. The zero-order chi connectivity index (χ0) is 11.8. The lowest BCUT2D eigenvalue weighted by molar-refractivity contribution is -0.131. The lowest BCUT2D eigenvalue weighted by atomic mass is 9.65. The highest BCUT2D eigenvalue weighted by Gasteiger charge is 2.47. The van der Waals surface area contributed by atoms with Crippen LogP contribution in [-0.2, 0) is 10.3 Å². The van der Waals surface area contributed by atoms with Gasteiger partial charge in [-0.1, -0.05) is 6.92 Å². The molecule has 1 saturated carbocycles. The van der Waals surface area contributed by atoms with Gasteiger partial charge in [0.05, 0.1) is 5.54 Å². The number of nitrogens with zero attached hydrogens (tertiary/aromatic N) is 2. The van der Waals surface area contributed by atoms with Gasteiger partial charge in [-0.15, -0.1) is 0 Å². The van der Waals surface area contributed by atoms with E-state index < -0.39 is 0 Å². The lowest BCUT2D eigenvalue weighted by Gasteiger charge is -2.50. The van der Waals surface area contributed by atoms with Gasteiger partial charge in [-0.3, -0.25) is 14.8 Å². The van der Waals surface area contributed by atoms with Crippen LogP contribution in [0.2, 0.25) is 0 Å². The minimum absolute atomic E-state index is 0.363. The Labute approximate surface area is 103 Å². The Morgan fingerprint density at radius 1 is 1.62 bits per heavy atom. The summed E-state index contributed by atoms with van der Waals surface area (Å²) in [7, 11) is 0. The van der Waals surface area contributed by atoms with E-state index in [4.69, 9.17) is 5.84 Å². The summed E-state index contributed by atoms with van der Waals surface area (Å²) in [4.78, 5) is 15.0. The fraction of sp³-hybridized carbons (Fsp3) is 0.455. The first-order valence-electron chi connectivity index (χ1n) is 5.19. The Morgan fingerprint density at radius 3 is 2.81 bits per heavy atom. The van der Waals surface area contributed by atoms with E-state index in [1.165, 1.54) is 5.01 Å². The van der Waals surface area contributed by atoms with Gasteiger partial charge in [0.15, 0.2) is 0 Å². The van der Waals surface area contributed by atoms with Crippen LogP contribution in [-0.4, -0.2) is 16.4 Å². The van der Waals surface area contributed by atoms with Crippen molar-refractivity contribution in [2.24, 2.45) is 11.8 Å². The molecule has 2 N–H and O–H groups in total. The molecule has 0 atom stereocenters. The summed E-state index contributed by atoms with van der Waals surface area (Å²) >= 11 is 3.38. The number of nitrogens with two attached hydrogens (primary N) is 1. The van der Waals surface area contributed by atoms with Crippen molar-refractivity contribution in [3.05, 3.63) is 28.5 Å². The average Bonchev–Trinajstić information content (AvgIpc) is 2.23. The Balaban J connectivity index is 2.37. The first-order chi connectivity index (χ1) is 7.58. The molecule has 0 unspecified atom stereocenters. The highest BCUT2D eigenvalue weighted by Crippen LogP contribution is 2.48. The molecule has 1 fully saturated rings.